The van der Waals surface area contributed by atoms with Crippen molar-refractivity contribution in [2.75, 3.05) is 26.7 Å². The van der Waals surface area contributed by atoms with E-state index in [2.05, 4.69) is 16.8 Å². The van der Waals surface area contributed by atoms with Gasteiger partial charge in [-0.15, -0.1) is 0 Å². The largest absolute Gasteiger partial charge is 0.472 e. The fourth-order valence-electron chi connectivity index (χ4n) is 3.90. The van der Waals surface area contributed by atoms with Crippen LogP contribution in [0.3, 0.4) is 0 Å². The van der Waals surface area contributed by atoms with Crippen molar-refractivity contribution >= 4 is 5.91 Å². The lowest BCUT2D eigenvalue weighted by Gasteiger charge is -2.37. The van der Waals surface area contributed by atoms with E-state index in [4.69, 9.17) is 4.74 Å². The number of halogens is 1. The number of carbonyl (C=O) groups excluding carboxylic acids is 1. The predicted molar refractivity (Wildman–Crippen MR) is 127 cm³/mol. The summed E-state index contributed by atoms with van der Waals surface area (Å²) in [6.45, 7) is 6.63. The molecule has 4 atom stereocenters. The van der Waals surface area contributed by atoms with E-state index in [1.165, 1.54) is 18.3 Å². The van der Waals surface area contributed by atoms with E-state index in [1.54, 1.807) is 30.9 Å². The minimum absolute atomic E-state index is 0.0578. The van der Waals surface area contributed by atoms with Gasteiger partial charge in [-0.2, -0.15) is 0 Å². The van der Waals surface area contributed by atoms with E-state index in [-0.39, 0.29) is 41.8 Å². The Balaban J connectivity index is 1.90. The fourth-order valence-corrected chi connectivity index (χ4v) is 3.90. The van der Waals surface area contributed by atoms with Gasteiger partial charge in [-0.1, -0.05) is 30.9 Å². The van der Waals surface area contributed by atoms with Gasteiger partial charge < -0.3 is 19.8 Å². The van der Waals surface area contributed by atoms with Crippen LogP contribution in [0.1, 0.15) is 42.3 Å². The molecule has 2 heterocycles. The molecular weight excluding hydrogens is 437 g/mol. The average molecular weight is 470 g/mol. The van der Waals surface area contributed by atoms with Gasteiger partial charge in [0.2, 0.25) is 5.88 Å². The third-order valence-electron chi connectivity index (χ3n) is 5.78. The summed E-state index contributed by atoms with van der Waals surface area (Å²) >= 11 is 0. The topological polar surface area (TPSA) is 86.1 Å². The number of carbonyl (C=O) groups is 1. The van der Waals surface area contributed by atoms with Crippen molar-refractivity contribution in [1.82, 2.24) is 14.8 Å². The smallest absolute Gasteiger partial charge is 0.259 e. The van der Waals surface area contributed by atoms with Crippen molar-refractivity contribution in [1.29, 1.82) is 0 Å². The molecule has 8 heteroatoms. The van der Waals surface area contributed by atoms with Gasteiger partial charge in [-0.25, -0.2) is 9.37 Å². The molecule has 2 N–H and O–H groups in total. The normalized spacial score (nSPS) is 19.9. The number of ether oxygens (including phenoxy) is 1. The second kappa shape index (κ2) is 11.4. The molecule has 1 aromatic carbocycles. The van der Waals surface area contributed by atoms with Gasteiger partial charge in [-0.05, 0) is 44.7 Å². The van der Waals surface area contributed by atoms with Crippen molar-refractivity contribution in [3.8, 4) is 17.7 Å². The highest BCUT2D eigenvalue weighted by atomic mass is 19.1. The first-order valence-corrected chi connectivity index (χ1v) is 11.4. The van der Waals surface area contributed by atoms with Crippen LogP contribution in [-0.4, -0.2) is 75.9 Å². The molecule has 0 fully saturated rings. The number of amides is 1. The molecule has 182 valence electrons. The molecule has 7 nitrogen and oxygen atoms in total. The third-order valence-corrected chi connectivity index (χ3v) is 5.78. The molecule has 0 saturated carbocycles. The number of aliphatic hydroxyl groups excluding tert-OH is 2. The molecule has 1 aliphatic rings. The SMILES string of the molecule is C[C@H](CO)N1C[C@H](C)[C@H](CN(C)Cc2cccc(F)c2)Oc2ncc(C#C[C@@H](C)O)cc2C1=O. The van der Waals surface area contributed by atoms with E-state index in [1.807, 2.05) is 24.9 Å². The summed E-state index contributed by atoms with van der Waals surface area (Å²) in [5.41, 5.74) is 1.61. The van der Waals surface area contributed by atoms with Gasteiger partial charge in [0.1, 0.15) is 23.6 Å². The average Bonchev–Trinajstić information content (AvgIpc) is 2.79. The Kier molecular flexibility index (Phi) is 8.61. The number of hydrogen-bond donors (Lipinski definition) is 2. The van der Waals surface area contributed by atoms with Crippen LogP contribution in [0.4, 0.5) is 4.39 Å². The van der Waals surface area contributed by atoms with Gasteiger partial charge in [0.25, 0.3) is 5.91 Å². The number of rotatable bonds is 6. The molecule has 2 aromatic rings. The lowest BCUT2D eigenvalue weighted by Crippen LogP contribution is -2.49. The minimum atomic E-state index is -0.807. The number of pyridine rings is 1. The monoisotopic (exact) mass is 469 g/mol. The van der Waals surface area contributed by atoms with Crippen LogP contribution in [-0.2, 0) is 6.54 Å². The molecule has 0 saturated heterocycles. The zero-order valence-corrected chi connectivity index (χ0v) is 20.0. The number of likely N-dealkylation sites (N-methyl/N-ethyl adjacent to an activating group) is 1. The van der Waals surface area contributed by atoms with Crippen molar-refractivity contribution in [2.24, 2.45) is 5.92 Å². The van der Waals surface area contributed by atoms with Gasteiger partial charge in [0, 0.05) is 37.3 Å². The second-order valence-corrected chi connectivity index (χ2v) is 8.97. The molecule has 0 aliphatic carbocycles. The molecule has 3 rings (SSSR count). The maximum absolute atomic E-state index is 13.6. The van der Waals surface area contributed by atoms with Crippen LogP contribution in [0.25, 0.3) is 0 Å². The fraction of sp³-hybridized carbons (Fsp3) is 0.462. The van der Waals surface area contributed by atoms with E-state index in [0.29, 0.717) is 25.2 Å². The quantitative estimate of drug-likeness (QED) is 0.632. The Labute approximate surface area is 200 Å². The van der Waals surface area contributed by atoms with Crippen LogP contribution in [0.15, 0.2) is 36.5 Å². The summed E-state index contributed by atoms with van der Waals surface area (Å²) < 4.78 is 19.8. The Morgan fingerprint density at radius 3 is 2.79 bits per heavy atom. The molecule has 1 aromatic heterocycles. The Morgan fingerprint density at radius 2 is 2.12 bits per heavy atom. The molecule has 0 bridgehead atoms. The van der Waals surface area contributed by atoms with Crippen molar-refractivity contribution < 1.29 is 24.1 Å². The van der Waals surface area contributed by atoms with Crippen molar-refractivity contribution in [3.05, 3.63) is 59.0 Å². The predicted octanol–water partition coefficient (Wildman–Crippen LogP) is 2.31. The zero-order chi connectivity index (χ0) is 24.8. The van der Waals surface area contributed by atoms with Crippen molar-refractivity contribution in [2.45, 2.75) is 45.6 Å². The maximum atomic E-state index is 13.6. The Hall–Kier alpha value is -2.99. The number of hydrogen-bond acceptors (Lipinski definition) is 6. The zero-order valence-electron chi connectivity index (χ0n) is 20.0. The van der Waals surface area contributed by atoms with E-state index >= 15 is 0 Å². The summed E-state index contributed by atoms with van der Waals surface area (Å²) in [6, 6.07) is 7.71. The highest BCUT2D eigenvalue weighted by molar-refractivity contribution is 5.97. The van der Waals surface area contributed by atoms with Crippen LogP contribution in [0.5, 0.6) is 5.88 Å². The second-order valence-electron chi connectivity index (χ2n) is 8.97. The van der Waals surface area contributed by atoms with E-state index in [0.717, 1.165) is 5.56 Å². The standard InChI is InChI=1S/C26H32FN3O4/c1-17-13-30(18(2)16-31)26(33)23-11-20(9-8-19(3)32)12-28-25(23)34-24(17)15-29(4)14-21-6-5-7-22(27)10-21/h5-7,10-12,17-19,24,31-32H,13-16H2,1-4H3/t17-,18+,19+,24-/m0/s1. The molecule has 0 radical (unpaired) electrons. The summed E-state index contributed by atoms with van der Waals surface area (Å²) in [6.07, 6.45) is 0.403. The number of benzene rings is 1. The number of aliphatic hydroxyl groups is 2. The summed E-state index contributed by atoms with van der Waals surface area (Å²) in [7, 11) is 1.93. The minimum Gasteiger partial charge on any atom is -0.472 e. The molecule has 0 spiro atoms. The van der Waals surface area contributed by atoms with Crippen LogP contribution < -0.4 is 4.74 Å². The molecule has 0 unspecified atom stereocenters. The third kappa shape index (κ3) is 6.54. The Morgan fingerprint density at radius 1 is 1.35 bits per heavy atom. The van der Waals surface area contributed by atoms with Gasteiger partial charge >= 0.3 is 0 Å². The first kappa shape index (κ1) is 25.6. The number of nitrogens with zero attached hydrogens (tertiary/aromatic N) is 3. The molecular formula is C26H32FN3O4. The number of fused-ring (bicyclic) bond motifs is 1. The van der Waals surface area contributed by atoms with E-state index in [9.17, 15) is 19.4 Å². The summed E-state index contributed by atoms with van der Waals surface area (Å²) in [5, 5.41) is 19.2. The number of aromatic nitrogens is 1. The highest BCUT2D eigenvalue weighted by Crippen LogP contribution is 2.27. The van der Waals surface area contributed by atoms with Crippen LogP contribution in [0, 0.1) is 23.6 Å². The molecule has 1 amide bonds. The van der Waals surface area contributed by atoms with Gasteiger partial charge in [0.05, 0.1) is 12.6 Å². The summed E-state index contributed by atoms with van der Waals surface area (Å²) in [4.78, 5) is 21.4. The summed E-state index contributed by atoms with van der Waals surface area (Å²) in [5.74, 6) is 5.05. The lowest BCUT2D eigenvalue weighted by atomic mass is 9.99. The molecule has 34 heavy (non-hydrogen) atoms. The molecule has 1 aliphatic heterocycles. The van der Waals surface area contributed by atoms with Gasteiger partial charge in [-0.3, -0.25) is 9.69 Å². The lowest BCUT2D eigenvalue weighted by molar-refractivity contribution is 0.0325. The van der Waals surface area contributed by atoms with Crippen molar-refractivity contribution in [3.63, 3.8) is 0 Å². The first-order chi connectivity index (χ1) is 16.2. The van der Waals surface area contributed by atoms with Crippen LogP contribution in [0.2, 0.25) is 0 Å². The van der Waals surface area contributed by atoms with Crippen LogP contribution >= 0.6 is 0 Å². The van der Waals surface area contributed by atoms with Gasteiger partial charge in [0.15, 0.2) is 0 Å². The Bertz CT molecular complexity index is 1070. The maximum Gasteiger partial charge on any atom is 0.259 e. The highest BCUT2D eigenvalue weighted by Gasteiger charge is 2.34. The van der Waals surface area contributed by atoms with E-state index < -0.39 is 12.1 Å². The first-order valence-electron chi connectivity index (χ1n) is 11.4.